The number of rotatable bonds is 5. The van der Waals surface area contributed by atoms with Crippen LogP contribution in [0.15, 0.2) is 30.5 Å². The first kappa shape index (κ1) is 14.8. The molecule has 2 rings (SSSR count). The minimum absolute atomic E-state index is 0.147. The Kier molecular flexibility index (Phi) is 4.42. The van der Waals surface area contributed by atoms with Gasteiger partial charge in [0, 0.05) is 18.3 Å². The number of aryl methyl sites for hydroxylation is 1. The molecule has 1 aromatic carbocycles. The summed E-state index contributed by atoms with van der Waals surface area (Å²) in [5, 5.41) is 13.6. The number of nitro benzene ring substituents is 1. The molecule has 5 nitrogen and oxygen atoms in total. The number of aromatic nitrogens is 1. The summed E-state index contributed by atoms with van der Waals surface area (Å²) in [4.78, 5) is 14.2. The zero-order chi connectivity index (χ0) is 15.4. The first-order valence-corrected chi connectivity index (χ1v) is 6.33. The van der Waals surface area contributed by atoms with E-state index in [1.807, 2.05) is 13.0 Å². The summed E-state index contributed by atoms with van der Waals surface area (Å²) in [6.07, 6.45) is 2.33. The Morgan fingerprint density at radius 1 is 1.38 bits per heavy atom. The molecule has 1 heterocycles. The summed E-state index contributed by atoms with van der Waals surface area (Å²) < 4.78 is 26.7. The fraction of sp³-hybridized carbons (Fsp3) is 0.214. The molecule has 0 amide bonds. The second-order valence-electron chi connectivity index (χ2n) is 4.36. The van der Waals surface area contributed by atoms with E-state index in [1.54, 1.807) is 12.3 Å². The zero-order valence-electron chi connectivity index (χ0n) is 11.3. The van der Waals surface area contributed by atoms with Crippen LogP contribution in [0.3, 0.4) is 0 Å². The second-order valence-corrected chi connectivity index (χ2v) is 4.36. The van der Waals surface area contributed by atoms with Crippen molar-refractivity contribution in [3.63, 3.8) is 0 Å². The number of hydrogen-bond donors (Lipinski definition) is 1. The van der Waals surface area contributed by atoms with E-state index in [0.717, 1.165) is 18.1 Å². The van der Waals surface area contributed by atoms with Gasteiger partial charge in [-0.25, -0.2) is 4.39 Å². The van der Waals surface area contributed by atoms with Gasteiger partial charge in [-0.05, 0) is 18.1 Å². The van der Waals surface area contributed by atoms with Crippen molar-refractivity contribution in [2.75, 3.05) is 5.32 Å². The minimum Gasteiger partial charge on any atom is -0.374 e. The van der Waals surface area contributed by atoms with Crippen LogP contribution in [-0.2, 0) is 13.0 Å². The summed E-state index contributed by atoms with van der Waals surface area (Å²) in [6.45, 7) is 2.10. The third-order valence-corrected chi connectivity index (χ3v) is 3.02. The highest BCUT2D eigenvalue weighted by Gasteiger charge is 2.22. The topological polar surface area (TPSA) is 68.1 Å². The second kappa shape index (κ2) is 6.25. The number of nitrogens with one attached hydrogen (secondary N) is 1. The van der Waals surface area contributed by atoms with E-state index in [1.165, 1.54) is 0 Å². The van der Waals surface area contributed by atoms with E-state index in [2.05, 4.69) is 10.3 Å². The summed E-state index contributed by atoms with van der Waals surface area (Å²) >= 11 is 0. The maximum atomic E-state index is 13.5. The largest absolute Gasteiger partial charge is 0.374 e. The molecule has 0 aliphatic heterocycles. The zero-order valence-corrected chi connectivity index (χ0v) is 11.3. The lowest BCUT2D eigenvalue weighted by atomic mass is 10.1. The first-order valence-electron chi connectivity index (χ1n) is 6.33. The van der Waals surface area contributed by atoms with Crippen molar-refractivity contribution in [3.05, 3.63) is 63.5 Å². The molecule has 0 fully saturated rings. The predicted molar refractivity (Wildman–Crippen MR) is 74.0 cm³/mol. The third kappa shape index (κ3) is 3.31. The Bertz CT molecular complexity index is 677. The highest BCUT2D eigenvalue weighted by molar-refractivity contribution is 5.62. The molecule has 0 aliphatic carbocycles. The fourth-order valence-corrected chi connectivity index (χ4v) is 2.02. The molecule has 0 saturated heterocycles. The van der Waals surface area contributed by atoms with Gasteiger partial charge in [0.1, 0.15) is 11.5 Å². The minimum atomic E-state index is -1.21. The molecule has 110 valence electrons. The van der Waals surface area contributed by atoms with Crippen LogP contribution in [0.4, 0.5) is 20.2 Å². The number of anilines is 1. The standard InChI is InChI=1S/C14H13F2N3O2/c1-2-9-4-3-5-17-13(9)8-18-12-7-10(15)6-11(16)14(12)19(20)21/h3-7,18H,2,8H2,1H3. The summed E-state index contributed by atoms with van der Waals surface area (Å²) in [7, 11) is 0. The molecule has 2 aromatic rings. The lowest BCUT2D eigenvalue weighted by molar-refractivity contribution is -0.386. The van der Waals surface area contributed by atoms with Crippen molar-refractivity contribution < 1.29 is 13.7 Å². The SMILES string of the molecule is CCc1cccnc1CNc1cc(F)cc(F)c1[N+](=O)[O-]. The van der Waals surface area contributed by atoms with Crippen LogP contribution < -0.4 is 5.32 Å². The van der Waals surface area contributed by atoms with E-state index < -0.39 is 22.2 Å². The number of nitro groups is 1. The fourth-order valence-electron chi connectivity index (χ4n) is 2.02. The molecule has 7 heteroatoms. The predicted octanol–water partition coefficient (Wildman–Crippen LogP) is 3.44. The Morgan fingerprint density at radius 3 is 2.81 bits per heavy atom. The number of benzene rings is 1. The van der Waals surface area contributed by atoms with Gasteiger partial charge in [-0.3, -0.25) is 15.1 Å². The number of pyridine rings is 1. The maximum Gasteiger partial charge on any atom is 0.327 e. The van der Waals surface area contributed by atoms with Gasteiger partial charge in [-0.15, -0.1) is 0 Å². The molecular formula is C14H13F2N3O2. The Balaban J connectivity index is 2.30. The number of hydrogen-bond acceptors (Lipinski definition) is 4. The van der Waals surface area contributed by atoms with Crippen molar-refractivity contribution in [2.24, 2.45) is 0 Å². The van der Waals surface area contributed by atoms with E-state index >= 15 is 0 Å². The molecule has 0 spiro atoms. The molecule has 1 aromatic heterocycles. The molecule has 1 N–H and O–H groups in total. The number of halogens is 2. The third-order valence-electron chi connectivity index (χ3n) is 3.02. The lowest BCUT2D eigenvalue weighted by Crippen LogP contribution is -2.08. The molecule has 0 unspecified atom stereocenters. The summed E-state index contributed by atoms with van der Waals surface area (Å²) in [5.41, 5.74) is 0.666. The molecule has 0 bridgehead atoms. The number of nitrogens with zero attached hydrogens (tertiary/aromatic N) is 2. The van der Waals surface area contributed by atoms with E-state index in [9.17, 15) is 18.9 Å². The Hall–Kier alpha value is -2.57. The van der Waals surface area contributed by atoms with Crippen molar-refractivity contribution in [1.29, 1.82) is 0 Å². The van der Waals surface area contributed by atoms with Crippen LogP contribution in [0.25, 0.3) is 0 Å². The van der Waals surface area contributed by atoms with E-state index in [0.29, 0.717) is 11.8 Å². The van der Waals surface area contributed by atoms with Crippen LogP contribution in [0.5, 0.6) is 0 Å². The van der Waals surface area contributed by atoms with Crippen molar-refractivity contribution >= 4 is 11.4 Å². The van der Waals surface area contributed by atoms with Gasteiger partial charge in [-0.2, -0.15) is 4.39 Å². The maximum absolute atomic E-state index is 13.5. The van der Waals surface area contributed by atoms with E-state index in [4.69, 9.17) is 0 Å². The van der Waals surface area contributed by atoms with Crippen LogP contribution in [0.2, 0.25) is 0 Å². The Labute approximate surface area is 119 Å². The van der Waals surface area contributed by atoms with Gasteiger partial charge in [0.25, 0.3) is 0 Å². The normalized spacial score (nSPS) is 10.4. The first-order chi connectivity index (χ1) is 10.0. The van der Waals surface area contributed by atoms with Crippen LogP contribution in [0, 0.1) is 21.7 Å². The van der Waals surface area contributed by atoms with Crippen LogP contribution in [-0.4, -0.2) is 9.91 Å². The van der Waals surface area contributed by atoms with Crippen molar-refractivity contribution in [1.82, 2.24) is 4.98 Å². The average Bonchev–Trinajstić information content (AvgIpc) is 2.44. The van der Waals surface area contributed by atoms with Gasteiger partial charge in [0.15, 0.2) is 0 Å². The average molecular weight is 293 g/mol. The van der Waals surface area contributed by atoms with Crippen molar-refractivity contribution in [2.45, 2.75) is 19.9 Å². The van der Waals surface area contributed by atoms with Gasteiger partial charge < -0.3 is 5.32 Å². The van der Waals surface area contributed by atoms with Gasteiger partial charge in [0.05, 0.1) is 17.2 Å². The smallest absolute Gasteiger partial charge is 0.327 e. The quantitative estimate of drug-likeness (QED) is 0.677. The monoisotopic (exact) mass is 293 g/mol. The molecule has 0 radical (unpaired) electrons. The van der Waals surface area contributed by atoms with Crippen LogP contribution in [0.1, 0.15) is 18.2 Å². The highest BCUT2D eigenvalue weighted by atomic mass is 19.1. The van der Waals surface area contributed by atoms with Gasteiger partial charge in [0.2, 0.25) is 5.82 Å². The summed E-state index contributed by atoms with van der Waals surface area (Å²) in [5.74, 6) is -2.09. The highest BCUT2D eigenvalue weighted by Crippen LogP contribution is 2.29. The molecule has 0 atom stereocenters. The molecule has 21 heavy (non-hydrogen) atoms. The van der Waals surface area contributed by atoms with E-state index in [-0.39, 0.29) is 12.2 Å². The summed E-state index contributed by atoms with van der Waals surface area (Å²) in [6, 6.07) is 5.05. The lowest BCUT2D eigenvalue weighted by Gasteiger charge is -2.10. The molecule has 0 aliphatic rings. The van der Waals surface area contributed by atoms with Gasteiger partial charge >= 0.3 is 5.69 Å². The van der Waals surface area contributed by atoms with Crippen LogP contribution >= 0.6 is 0 Å². The van der Waals surface area contributed by atoms with Crippen molar-refractivity contribution in [3.8, 4) is 0 Å². The molecule has 0 saturated carbocycles. The van der Waals surface area contributed by atoms with Gasteiger partial charge in [-0.1, -0.05) is 13.0 Å². The Morgan fingerprint density at radius 2 is 2.14 bits per heavy atom. The molecular weight excluding hydrogens is 280 g/mol.